The van der Waals surface area contributed by atoms with Crippen molar-refractivity contribution in [2.24, 2.45) is 0 Å². The van der Waals surface area contributed by atoms with Gasteiger partial charge in [-0.1, -0.05) is 12.8 Å². The van der Waals surface area contributed by atoms with Crippen LogP contribution < -0.4 is 10.6 Å². The van der Waals surface area contributed by atoms with Gasteiger partial charge in [-0.3, -0.25) is 9.59 Å². The molecule has 1 saturated heterocycles. The van der Waals surface area contributed by atoms with E-state index < -0.39 is 0 Å². The average molecular weight is 281 g/mol. The molecule has 2 aliphatic rings. The van der Waals surface area contributed by atoms with Crippen LogP contribution in [-0.2, 0) is 9.59 Å². The van der Waals surface area contributed by atoms with Gasteiger partial charge in [0.25, 0.3) is 0 Å². The Morgan fingerprint density at radius 2 is 1.95 bits per heavy atom. The zero-order chi connectivity index (χ0) is 14.6. The Labute approximate surface area is 121 Å². The molecule has 0 atom stereocenters. The van der Waals surface area contributed by atoms with E-state index >= 15 is 0 Å². The number of nitrogens with zero attached hydrogens (tertiary/aromatic N) is 1. The third-order valence-corrected chi connectivity index (χ3v) is 4.21. The SMILES string of the molecule is CC1(C)CN(C(=O)CCC(=O)NC2CCCC2)CCN1. The number of carbonyl (C=O) groups is 2. The Balaban J connectivity index is 1.70. The fourth-order valence-electron chi connectivity index (χ4n) is 3.10. The second-order valence-electron chi connectivity index (χ2n) is 6.67. The van der Waals surface area contributed by atoms with E-state index in [0.717, 1.165) is 32.5 Å². The molecule has 1 aliphatic carbocycles. The molecule has 2 N–H and O–H groups in total. The largest absolute Gasteiger partial charge is 0.353 e. The lowest BCUT2D eigenvalue weighted by Gasteiger charge is -2.39. The lowest BCUT2D eigenvalue weighted by atomic mass is 10.0. The molecule has 0 aromatic rings. The molecule has 2 rings (SSSR count). The van der Waals surface area contributed by atoms with Gasteiger partial charge in [-0.05, 0) is 26.7 Å². The minimum absolute atomic E-state index is 0.0274. The Kier molecular flexibility index (Phi) is 5.02. The topological polar surface area (TPSA) is 61.4 Å². The molecule has 1 heterocycles. The molecule has 0 radical (unpaired) electrons. The molecular weight excluding hydrogens is 254 g/mol. The van der Waals surface area contributed by atoms with Crippen LogP contribution in [0, 0.1) is 0 Å². The molecule has 114 valence electrons. The smallest absolute Gasteiger partial charge is 0.223 e. The fourth-order valence-corrected chi connectivity index (χ4v) is 3.10. The highest BCUT2D eigenvalue weighted by molar-refractivity contribution is 5.84. The molecule has 5 heteroatoms. The van der Waals surface area contributed by atoms with E-state index in [1.165, 1.54) is 12.8 Å². The summed E-state index contributed by atoms with van der Waals surface area (Å²) in [5.41, 5.74) is -0.0278. The van der Waals surface area contributed by atoms with Gasteiger partial charge in [-0.25, -0.2) is 0 Å². The highest BCUT2D eigenvalue weighted by atomic mass is 16.2. The third kappa shape index (κ3) is 4.47. The highest BCUT2D eigenvalue weighted by Gasteiger charge is 2.28. The number of nitrogens with one attached hydrogen (secondary N) is 2. The Bertz CT molecular complexity index is 362. The number of rotatable bonds is 4. The van der Waals surface area contributed by atoms with Crippen LogP contribution in [0.15, 0.2) is 0 Å². The summed E-state index contributed by atoms with van der Waals surface area (Å²) >= 11 is 0. The van der Waals surface area contributed by atoms with E-state index in [9.17, 15) is 9.59 Å². The first-order valence-corrected chi connectivity index (χ1v) is 7.78. The minimum atomic E-state index is -0.0278. The molecule has 0 bridgehead atoms. The van der Waals surface area contributed by atoms with E-state index in [1.54, 1.807) is 0 Å². The lowest BCUT2D eigenvalue weighted by Crippen LogP contribution is -2.58. The normalized spacial score (nSPS) is 22.8. The van der Waals surface area contributed by atoms with Crippen LogP contribution in [0.3, 0.4) is 0 Å². The van der Waals surface area contributed by atoms with Crippen molar-refractivity contribution in [3.63, 3.8) is 0 Å². The number of hydrogen-bond acceptors (Lipinski definition) is 3. The first kappa shape index (κ1) is 15.3. The molecule has 20 heavy (non-hydrogen) atoms. The number of amides is 2. The maximum atomic E-state index is 12.1. The number of hydrogen-bond donors (Lipinski definition) is 2. The zero-order valence-electron chi connectivity index (χ0n) is 12.7. The summed E-state index contributed by atoms with van der Waals surface area (Å²) in [7, 11) is 0. The van der Waals surface area contributed by atoms with Gasteiger partial charge in [0.1, 0.15) is 0 Å². The quantitative estimate of drug-likeness (QED) is 0.809. The number of piperazine rings is 1. The van der Waals surface area contributed by atoms with Crippen LogP contribution in [0.5, 0.6) is 0 Å². The van der Waals surface area contributed by atoms with Gasteiger partial charge in [0, 0.05) is 44.1 Å². The minimum Gasteiger partial charge on any atom is -0.353 e. The first-order chi connectivity index (χ1) is 9.46. The van der Waals surface area contributed by atoms with Gasteiger partial charge < -0.3 is 15.5 Å². The lowest BCUT2D eigenvalue weighted by molar-refractivity contribution is -0.135. The highest BCUT2D eigenvalue weighted by Crippen LogP contribution is 2.18. The van der Waals surface area contributed by atoms with Crippen LogP contribution in [0.25, 0.3) is 0 Å². The summed E-state index contributed by atoms with van der Waals surface area (Å²) in [4.78, 5) is 25.8. The number of carbonyl (C=O) groups excluding carboxylic acids is 2. The molecule has 0 aromatic carbocycles. The van der Waals surface area contributed by atoms with Crippen molar-refractivity contribution in [1.82, 2.24) is 15.5 Å². The van der Waals surface area contributed by atoms with Gasteiger partial charge in [0.15, 0.2) is 0 Å². The van der Waals surface area contributed by atoms with E-state index in [1.807, 2.05) is 4.90 Å². The second kappa shape index (κ2) is 6.57. The molecule has 5 nitrogen and oxygen atoms in total. The van der Waals surface area contributed by atoms with Gasteiger partial charge >= 0.3 is 0 Å². The summed E-state index contributed by atoms with van der Waals surface area (Å²) in [5.74, 6) is 0.126. The van der Waals surface area contributed by atoms with Crippen molar-refractivity contribution < 1.29 is 9.59 Å². The van der Waals surface area contributed by atoms with Crippen molar-refractivity contribution in [2.75, 3.05) is 19.6 Å². The van der Waals surface area contributed by atoms with Crippen molar-refractivity contribution in [3.8, 4) is 0 Å². The maximum Gasteiger partial charge on any atom is 0.223 e. The predicted octanol–water partition coefficient (Wildman–Crippen LogP) is 1.04. The van der Waals surface area contributed by atoms with Gasteiger partial charge in [-0.15, -0.1) is 0 Å². The monoisotopic (exact) mass is 281 g/mol. The van der Waals surface area contributed by atoms with Crippen LogP contribution in [0.2, 0.25) is 0 Å². The summed E-state index contributed by atoms with van der Waals surface area (Å²) < 4.78 is 0. The van der Waals surface area contributed by atoms with E-state index in [4.69, 9.17) is 0 Å². The summed E-state index contributed by atoms with van der Waals surface area (Å²) in [5, 5.41) is 6.41. The van der Waals surface area contributed by atoms with Gasteiger partial charge in [0.05, 0.1) is 0 Å². The Morgan fingerprint density at radius 1 is 1.25 bits per heavy atom. The summed E-state index contributed by atoms with van der Waals surface area (Å²) in [6.45, 7) is 6.48. The average Bonchev–Trinajstić information content (AvgIpc) is 2.87. The van der Waals surface area contributed by atoms with E-state index in [2.05, 4.69) is 24.5 Å². The Hall–Kier alpha value is -1.10. The zero-order valence-corrected chi connectivity index (χ0v) is 12.7. The molecule has 1 saturated carbocycles. The van der Waals surface area contributed by atoms with Crippen LogP contribution in [-0.4, -0.2) is 47.9 Å². The third-order valence-electron chi connectivity index (χ3n) is 4.21. The van der Waals surface area contributed by atoms with Crippen molar-refractivity contribution >= 4 is 11.8 Å². The summed E-state index contributed by atoms with van der Waals surface area (Å²) in [6.07, 6.45) is 5.24. The van der Waals surface area contributed by atoms with Crippen LogP contribution in [0.4, 0.5) is 0 Å². The standard InChI is InChI=1S/C15H27N3O2/c1-15(2)11-18(10-9-16-15)14(20)8-7-13(19)17-12-5-3-4-6-12/h12,16H,3-11H2,1-2H3,(H,17,19). The van der Waals surface area contributed by atoms with Gasteiger partial charge in [0.2, 0.25) is 11.8 Å². The van der Waals surface area contributed by atoms with E-state index in [-0.39, 0.29) is 17.4 Å². The molecule has 0 spiro atoms. The maximum absolute atomic E-state index is 12.1. The second-order valence-corrected chi connectivity index (χ2v) is 6.67. The fraction of sp³-hybridized carbons (Fsp3) is 0.867. The first-order valence-electron chi connectivity index (χ1n) is 7.78. The van der Waals surface area contributed by atoms with E-state index in [0.29, 0.717) is 18.9 Å². The van der Waals surface area contributed by atoms with Crippen molar-refractivity contribution in [1.29, 1.82) is 0 Å². The van der Waals surface area contributed by atoms with Crippen molar-refractivity contribution in [2.45, 2.75) is 64.0 Å². The molecule has 0 aromatic heterocycles. The van der Waals surface area contributed by atoms with Crippen LogP contribution >= 0.6 is 0 Å². The predicted molar refractivity (Wildman–Crippen MR) is 78.3 cm³/mol. The van der Waals surface area contributed by atoms with Gasteiger partial charge in [-0.2, -0.15) is 0 Å². The van der Waals surface area contributed by atoms with Crippen LogP contribution in [0.1, 0.15) is 52.4 Å². The van der Waals surface area contributed by atoms with Crippen molar-refractivity contribution in [3.05, 3.63) is 0 Å². The molecule has 0 unspecified atom stereocenters. The molecule has 2 fully saturated rings. The molecule has 1 aliphatic heterocycles. The molecular formula is C15H27N3O2. The Morgan fingerprint density at radius 3 is 2.60 bits per heavy atom. The summed E-state index contributed by atoms with van der Waals surface area (Å²) in [6, 6.07) is 0.343. The molecule has 2 amide bonds.